The molecule has 0 spiro atoms. The molecule has 1 heterocycles. The summed E-state index contributed by atoms with van der Waals surface area (Å²) in [5, 5.41) is 7.38. The molecule has 25 heavy (non-hydrogen) atoms. The summed E-state index contributed by atoms with van der Waals surface area (Å²) in [6, 6.07) is 5.74. The van der Waals surface area contributed by atoms with Crippen molar-refractivity contribution >= 4 is 31.8 Å². The SMILES string of the molecule is CS(=O)(=O)Nc1cnn(CC(=O)NS(=O)(=O)c2ccc(CN)cc2)n1. The number of rotatable bonds is 7. The third kappa shape index (κ3) is 5.51. The highest BCUT2D eigenvalue weighted by Gasteiger charge is 2.18. The molecule has 1 aromatic heterocycles. The average Bonchev–Trinajstić information content (AvgIpc) is 2.91. The number of sulfonamides is 2. The van der Waals surface area contributed by atoms with E-state index in [0.717, 1.165) is 22.8 Å². The minimum absolute atomic E-state index is 0.0875. The van der Waals surface area contributed by atoms with Crippen molar-refractivity contribution in [3.63, 3.8) is 0 Å². The highest BCUT2D eigenvalue weighted by Crippen LogP contribution is 2.10. The summed E-state index contributed by atoms with van der Waals surface area (Å²) in [6.07, 6.45) is 2.02. The summed E-state index contributed by atoms with van der Waals surface area (Å²) in [4.78, 5) is 12.6. The topological polar surface area (TPSA) is 166 Å². The molecule has 0 aliphatic rings. The molecule has 0 bridgehead atoms. The van der Waals surface area contributed by atoms with Crippen LogP contribution in [0.4, 0.5) is 5.82 Å². The monoisotopic (exact) mass is 388 g/mol. The van der Waals surface area contributed by atoms with Crippen molar-refractivity contribution in [2.45, 2.75) is 18.0 Å². The number of nitrogens with zero attached hydrogens (tertiary/aromatic N) is 3. The Labute approximate surface area is 144 Å². The summed E-state index contributed by atoms with van der Waals surface area (Å²) in [6.45, 7) is -0.243. The zero-order valence-electron chi connectivity index (χ0n) is 13.1. The molecule has 0 radical (unpaired) electrons. The van der Waals surface area contributed by atoms with Gasteiger partial charge in [0.25, 0.3) is 15.9 Å². The van der Waals surface area contributed by atoms with Crippen LogP contribution in [0.1, 0.15) is 5.56 Å². The van der Waals surface area contributed by atoms with Crippen molar-refractivity contribution in [1.82, 2.24) is 19.7 Å². The minimum Gasteiger partial charge on any atom is -0.326 e. The van der Waals surface area contributed by atoms with E-state index in [2.05, 4.69) is 14.9 Å². The van der Waals surface area contributed by atoms with Gasteiger partial charge in [0.15, 0.2) is 5.82 Å². The predicted octanol–water partition coefficient (Wildman–Crippen LogP) is -1.39. The molecule has 136 valence electrons. The zero-order chi connectivity index (χ0) is 18.7. The van der Waals surface area contributed by atoms with E-state index in [0.29, 0.717) is 0 Å². The van der Waals surface area contributed by atoms with Gasteiger partial charge in [0, 0.05) is 6.54 Å². The standard InChI is InChI=1S/C12H16N6O5S2/c1-24(20,21)16-11-7-14-18(15-11)8-12(19)17-25(22,23)10-4-2-9(6-13)3-5-10/h2-5,7H,6,8,13H2,1H3,(H,15,16)(H,17,19). The van der Waals surface area contributed by atoms with E-state index < -0.39 is 32.5 Å². The Kier molecular flexibility index (Phi) is 5.39. The number of hydrogen-bond acceptors (Lipinski definition) is 8. The highest BCUT2D eigenvalue weighted by atomic mass is 32.2. The molecule has 1 amide bonds. The molecule has 4 N–H and O–H groups in total. The van der Waals surface area contributed by atoms with Crippen molar-refractivity contribution in [3.8, 4) is 0 Å². The maximum absolute atomic E-state index is 12.1. The third-order valence-electron chi connectivity index (χ3n) is 2.83. The van der Waals surface area contributed by atoms with Crippen molar-refractivity contribution in [2.75, 3.05) is 11.0 Å². The van der Waals surface area contributed by atoms with E-state index in [9.17, 15) is 21.6 Å². The molecule has 0 saturated carbocycles. The second kappa shape index (κ2) is 7.16. The van der Waals surface area contributed by atoms with Crippen LogP contribution in [-0.4, -0.2) is 44.0 Å². The van der Waals surface area contributed by atoms with Crippen molar-refractivity contribution < 1.29 is 21.6 Å². The van der Waals surface area contributed by atoms with Gasteiger partial charge in [0.2, 0.25) is 10.0 Å². The Morgan fingerprint density at radius 3 is 2.40 bits per heavy atom. The smallest absolute Gasteiger partial charge is 0.264 e. The van der Waals surface area contributed by atoms with E-state index in [-0.39, 0.29) is 17.3 Å². The normalized spacial score (nSPS) is 11.9. The first-order valence-corrected chi connectivity index (χ1v) is 10.2. The van der Waals surface area contributed by atoms with E-state index >= 15 is 0 Å². The molecule has 1 aromatic carbocycles. The Morgan fingerprint density at radius 1 is 1.20 bits per heavy atom. The fraction of sp³-hybridized carbons (Fsp3) is 0.250. The molecule has 0 atom stereocenters. The molecule has 0 aliphatic carbocycles. The van der Waals surface area contributed by atoms with Crippen molar-refractivity contribution in [2.24, 2.45) is 5.73 Å². The van der Waals surface area contributed by atoms with Gasteiger partial charge in [-0.15, -0.1) is 5.10 Å². The largest absolute Gasteiger partial charge is 0.326 e. The summed E-state index contributed by atoms with van der Waals surface area (Å²) in [5.41, 5.74) is 6.18. The lowest BCUT2D eigenvalue weighted by Gasteiger charge is -2.07. The second-order valence-corrected chi connectivity index (χ2v) is 8.44. The predicted molar refractivity (Wildman–Crippen MR) is 88.2 cm³/mol. The minimum atomic E-state index is -4.05. The van der Waals surface area contributed by atoms with Crippen LogP contribution in [0.25, 0.3) is 0 Å². The van der Waals surface area contributed by atoms with E-state index in [1.54, 1.807) is 0 Å². The Bertz CT molecular complexity index is 966. The second-order valence-electron chi connectivity index (χ2n) is 5.01. The molecule has 0 saturated heterocycles. The lowest BCUT2D eigenvalue weighted by atomic mass is 10.2. The fourth-order valence-electron chi connectivity index (χ4n) is 1.78. The molecule has 2 aromatic rings. The number of anilines is 1. The van der Waals surface area contributed by atoms with Gasteiger partial charge in [-0.2, -0.15) is 9.90 Å². The highest BCUT2D eigenvalue weighted by molar-refractivity contribution is 7.92. The summed E-state index contributed by atoms with van der Waals surface area (Å²) in [7, 11) is -7.58. The van der Waals surface area contributed by atoms with Crippen LogP contribution in [0.15, 0.2) is 35.4 Å². The van der Waals surface area contributed by atoms with E-state index in [1.807, 2.05) is 4.72 Å². The number of benzene rings is 1. The summed E-state index contributed by atoms with van der Waals surface area (Å²) < 4.78 is 50.3. The van der Waals surface area contributed by atoms with Crippen molar-refractivity contribution in [1.29, 1.82) is 0 Å². The molecule has 2 rings (SSSR count). The number of aromatic nitrogens is 3. The maximum atomic E-state index is 12.1. The fourth-order valence-corrected chi connectivity index (χ4v) is 3.23. The number of carbonyl (C=O) groups excluding carboxylic acids is 1. The van der Waals surface area contributed by atoms with Crippen LogP contribution >= 0.6 is 0 Å². The number of carbonyl (C=O) groups is 1. The Hall–Kier alpha value is -2.51. The first kappa shape index (κ1) is 18.8. The molecule has 13 heteroatoms. The van der Waals surface area contributed by atoms with Crippen LogP contribution in [0.2, 0.25) is 0 Å². The van der Waals surface area contributed by atoms with Crippen LogP contribution in [0.5, 0.6) is 0 Å². The molecule has 11 nitrogen and oxygen atoms in total. The van der Waals surface area contributed by atoms with Crippen molar-refractivity contribution in [3.05, 3.63) is 36.0 Å². The number of nitrogens with two attached hydrogens (primary N) is 1. The lowest BCUT2D eigenvalue weighted by molar-refractivity contribution is -0.120. The van der Waals surface area contributed by atoms with Gasteiger partial charge < -0.3 is 5.73 Å². The van der Waals surface area contributed by atoms with Gasteiger partial charge >= 0.3 is 0 Å². The summed E-state index contributed by atoms with van der Waals surface area (Å²) >= 11 is 0. The van der Waals surface area contributed by atoms with Crippen LogP contribution in [-0.2, 0) is 37.9 Å². The number of hydrogen-bond donors (Lipinski definition) is 3. The lowest BCUT2D eigenvalue weighted by Crippen LogP contribution is -2.34. The Balaban J connectivity index is 2.03. The number of amides is 1. The molecular weight excluding hydrogens is 372 g/mol. The van der Waals surface area contributed by atoms with Crippen LogP contribution in [0.3, 0.4) is 0 Å². The first-order chi connectivity index (χ1) is 11.6. The van der Waals surface area contributed by atoms with E-state index in [4.69, 9.17) is 5.73 Å². The quantitative estimate of drug-likeness (QED) is 0.521. The van der Waals surface area contributed by atoms with Gasteiger partial charge in [0.05, 0.1) is 17.3 Å². The Morgan fingerprint density at radius 2 is 1.84 bits per heavy atom. The van der Waals surface area contributed by atoms with Gasteiger partial charge in [0.1, 0.15) is 6.54 Å². The van der Waals surface area contributed by atoms with Gasteiger partial charge in [-0.1, -0.05) is 12.1 Å². The summed E-state index contributed by atoms with van der Waals surface area (Å²) in [5.74, 6) is -0.972. The van der Waals surface area contributed by atoms with Crippen LogP contribution < -0.4 is 15.2 Å². The van der Waals surface area contributed by atoms with Crippen LogP contribution in [0, 0.1) is 0 Å². The molecule has 0 aliphatic heterocycles. The molecule has 0 fully saturated rings. The van der Waals surface area contributed by atoms with Gasteiger partial charge in [-0.3, -0.25) is 9.52 Å². The number of nitrogens with one attached hydrogen (secondary N) is 2. The van der Waals surface area contributed by atoms with Gasteiger partial charge in [-0.05, 0) is 17.7 Å². The van der Waals surface area contributed by atoms with Gasteiger partial charge in [-0.25, -0.2) is 21.6 Å². The third-order valence-corrected chi connectivity index (χ3v) is 4.80. The maximum Gasteiger partial charge on any atom is 0.264 e. The average molecular weight is 388 g/mol. The van der Waals surface area contributed by atoms with E-state index in [1.165, 1.54) is 24.3 Å². The first-order valence-electron chi connectivity index (χ1n) is 6.81. The zero-order valence-corrected chi connectivity index (χ0v) is 14.7. The molecular formula is C12H16N6O5S2. The molecule has 0 unspecified atom stereocenters.